The van der Waals surface area contributed by atoms with Crippen molar-refractivity contribution in [2.45, 2.75) is 25.7 Å². The second kappa shape index (κ2) is 4.81. The van der Waals surface area contributed by atoms with Crippen molar-refractivity contribution in [2.75, 3.05) is 11.9 Å². The van der Waals surface area contributed by atoms with Crippen LogP contribution in [0.25, 0.3) is 10.2 Å². The molecule has 5 heteroatoms. The molecule has 2 N–H and O–H groups in total. The maximum Gasteiger partial charge on any atom is 0.309 e. The zero-order valence-electron chi connectivity index (χ0n) is 10.6. The quantitative estimate of drug-likeness (QED) is 0.794. The van der Waals surface area contributed by atoms with Gasteiger partial charge in [-0.25, -0.2) is 4.98 Å². The van der Waals surface area contributed by atoms with Gasteiger partial charge in [0, 0.05) is 6.54 Å². The van der Waals surface area contributed by atoms with Crippen molar-refractivity contribution in [1.29, 1.82) is 0 Å². The minimum Gasteiger partial charge on any atom is -0.481 e. The van der Waals surface area contributed by atoms with Crippen molar-refractivity contribution in [1.82, 2.24) is 4.98 Å². The first-order chi connectivity index (χ1) is 9.20. The van der Waals surface area contributed by atoms with E-state index in [1.54, 1.807) is 11.3 Å². The summed E-state index contributed by atoms with van der Waals surface area (Å²) >= 11 is 1.64. The van der Waals surface area contributed by atoms with E-state index in [1.165, 1.54) is 4.70 Å². The van der Waals surface area contributed by atoms with Gasteiger partial charge in [0.15, 0.2) is 5.13 Å². The maximum absolute atomic E-state index is 11.0. The van der Waals surface area contributed by atoms with Crippen LogP contribution >= 0.6 is 11.3 Å². The number of para-hydroxylation sites is 1. The number of aliphatic carboxylic acids is 1. The Morgan fingerprint density at radius 2 is 2.21 bits per heavy atom. The van der Waals surface area contributed by atoms with Crippen LogP contribution in [0.1, 0.15) is 25.7 Å². The normalized spacial score (nSPS) is 16.4. The van der Waals surface area contributed by atoms with Gasteiger partial charge in [-0.3, -0.25) is 4.79 Å². The molecule has 3 rings (SSSR count). The number of carbonyl (C=O) groups is 1. The Balaban J connectivity index is 1.51. The molecule has 0 atom stereocenters. The lowest BCUT2D eigenvalue weighted by molar-refractivity contribution is -0.143. The van der Waals surface area contributed by atoms with Crippen molar-refractivity contribution in [3.05, 3.63) is 24.3 Å². The summed E-state index contributed by atoms with van der Waals surface area (Å²) in [7, 11) is 0. The highest BCUT2D eigenvalue weighted by atomic mass is 32.1. The standard InChI is InChI=1S/C14H16N2O2S/c17-12(18)14(7-8-14)6-3-9-15-13-16-10-4-1-2-5-11(10)19-13/h1-2,4-5H,3,6-9H2,(H,15,16)(H,17,18). The summed E-state index contributed by atoms with van der Waals surface area (Å²) in [6.07, 6.45) is 3.31. The molecule has 19 heavy (non-hydrogen) atoms. The van der Waals surface area contributed by atoms with Gasteiger partial charge in [-0.15, -0.1) is 0 Å². The third kappa shape index (κ3) is 2.56. The molecule has 100 valence electrons. The number of carboxylic acids is 1. The number of thiazole rings is 1. The van der Waals surface area contributed by atoms with E-state index >= 15 is 0 Å². The Kier molecular flexibility index (Phi) is 3.14. The molecule has 1 saturated carbocycles. The lowest BCUT2D eigenvalue weighted by Gasteiger charge is -2.09. The van der Waals surface area contributed by atoms with Crippen LogP contribution in [0.3, 0.4) is 0 Å². The Morgan fingerprint density at radius 3 is 2.89 bits per heavy atom. The second-order valence-corrected chi connectivity index (χ2v) is 6.13. The van der Waals surface area contributed by atoms with E-state index in [0.29, 0.717) is 0 Å². The molecule has 1 aromatic heterocycles. The van der Waals surface area contributed by atoms with Gasteiger partial charge in [0.25, 0.3) is 0 Å². The highest BCUT2D eigenvalue weighted by molar-refractivity contribution is 7.22. The van der Waals surface area contributed by atoms with Crippen molar-refractivity contribution in [2.24, 2.45) is 5.41 Å². The number of nitrogens with one attached hydrogen (secondary N) is 1. The molecule has 0 spiro atoms. The summed E-state index contributed by atoms with van der Waals surface area (Å²) in [5.41, 5.74) is 0.606. The molecule has 0 bridgehead atoms. The summed E-state index contributed by atoms with van der Waals surface area (Å²) in [5, 5.41) is 13.3. The molecule has 1 aliphatic rings. The molecule has 0 saturated heterocycles. The van der Waals surface area contributed by atoms with Gasteiger partial charge in [-0.1, -0.05) is 23.5 Å². The van der Waals surface area contributed by atoms with E-state index in [0.717, 1.165) is 42.9 Å². The lowest BCUT2D eigenvalue weighted by atomic mass is 10.0. The van der Waals surface area contributed by atoms with Crippen LogP contribution in [0.15, 0.2) is 24.3 Å². The lowest BCUT2D eigenvalue weighted by Crippen LogP contribution is -2.16. The Morgan fingerprint density at radius 1 is 1.42 bits per heavy atom. The zero-order chi connectivity index (χ0) is 13.3. The zero-order valence-corrected chi connectivity index (χ0v) is 11.4. The number of rotatable bonds is 6. The van der Waals surface area contributed by atoms with Crippen LogP contribution in [0.5, 0.6) is 0 Å². The Hall–Kier alpha value is -1.62. The molecule has 1 fully saturated rings. The van der Waals surface area contributed by atoms with E-state index in [-0.39, 0.29) is 0 Å². The number of fused-ring (bicyclic) bond motifs is 1. The molecular weight excluding hydrogens is 260 g/mol. The Bertz CT molecular complexity index is 571. The van der Waals surface area contributed by atoms with Crippen molar-refractivity contribution < 1.29 is 9.90 Å². The average Bonchev–Trinajstić information content (AvgIpc) is 3.08. The van der Waals surface area contributed by atoms with Crippen molar-refractivity contribution in [3.8, 4) is 0 Å². The minimum atomic E-state index is -0.632. The molecule has 0 radical (unpaired) electrons. The highest BCUT2D eigenvalue weighted by Gasteiger charge is 2.49. The first-order valence-electron chi connectivity index (χ1n) is 6.52. The fourth-order valence-electron chi connectivity index (χ4n) is 2.29. The number of benzene rings is 1. The fourth-order valence-corrected chi connectivity index (χ4v) is 3.18. The predicted octanol–water partition coefficient (Wildman–Crippen LogP) is 3.35. The third-order valence-corrected chi connectivity index (χ3v) is 4.70. The predicted molar refractivity (Wildman–Crippen MR) is 76.6 cm³/mol. The number of hydrogen-bond acceptors (Lipinski definition) is 4. The third-order valence-electron chi connectivity index (χ3n) is 3.71. The van der Waals surface area contributed by atoms with Crippen LogP contribution < -0.4 is 5.32 Å². The van der Waals surface area contributed by atoms with Gasteiger partial charge in [0.1, 0.15) is 0 Å². The molecule has 4 nitrogen and oxygen atoms in total. The van der Waals surface area contributed by atoms with E-state index in [1.807, 2.05) is 18.2 Å². The molecule has 0 aliphatic heterocycles. The number of carboxylic acid groups (broad SMARTS) is 1. The summed E-state index contributed by atoms with van der Waals surface area (Å²) in [5.74, 6) is -0.632. The number of aromatic nitrogens is 1. The van der Waals surface area contributed by atoms with Crippen LogP contribution in [0.4, 0.5) is 5.13 Å². The van der Waals surface area contributed by atoms with E-state index in [9.17, 15) is 4.79 Å². The summed E-state index contributed by atoms with van der Waals surface area (Å²) in [4.78, 5) is 15.5. The molecule has 0 amide bonds. The van der Waals surface area contributed by atoms with E-state index in [2.05, 4.69) is 16.4 Å². The van der Waals surface area contributed by atoms with Gasteiger partial charge >= 0.3 is 5.97 Å². The van der Waals surface area contributed by atoms with Gasteiger partial charge in [-0.05, 0) is 37.8 Å². The number of hydrogen-bond donors (Lipinski definition) is 2. The van der Waals surface area contributed by atoms with Gasteiger partial charge in [-0.2, -0.15) is 0 Å². The molecular formula is C14H16N2O2S. The molecule has 0 unspecified atom stereocenters. The van der Waals surface area contributed by atoms with E-state index in [4.69, 9.17) is 5.11 Å². The first kappa shape index (κ1) is 12.4. The largest absolute Gasteiger partial charge is 0.481 e. The fraction of sp³-hybridized carbons (Fsp3) is 0.429. The van der Waals surface area contributed by atoms with Crippen LogP contribution in [0, 0.1) is 5.41 Å². The Labute approximate surface area is 115 Å². The van der Waals surface area contributed by atoms with Crippen LogP contribution in [0.2, 0.25) is 0 Å². The summed E-state index contributed by atoms with van der Waals surface area (Å²) < 4.78 is 1.18. The van der Waals surface area contributed by atoms with Crippen molar-refractivity contribution in [3.63, 3.8) is 0 Å². The average molecular weight is 276 g/mol. The summed E-state index contributed by atoms with van der Waals surface area (Å²) in [6, 6.07) is 8.05. The summed E-state index contributed by atoms with van der Waals surface area (Å²) in [6.45, 7) is 0.787. The molecule has 1 aliphatic carbocycles. The van der Waals surface area contributed by atoms with Gasteiger partial charge < -0.3 is 10.4 Å². The second-order valence-electron chi connectivity index (χ2n) is 5.10. The van der Waals surface area contributed by atoms with Gasteiger partial charge in [0.05, 0.1) is 15.6 Å². The van der Waals surface area contributed by atoms with Crippen LogP contribution in [-0.2, 0) is 4.79 Å². The van der Waals surface area contributed by atoms with E-state index < -0.39 is 11.4 Å². The molecule has 1 aromatic carbocycles. The highest BCUT2D eigenvalue weighted by Crippen LogP contribution is 2.49. The number of anilines is 1. The topological polar surface area (TPSA) is 62.2 Å². The maximum atomic E-state index is 11.0. The van der Waals surface area contributed by atoms with Crippen molar-refractivity contribution >= 4 is 32.7 Å². The SMILES string of the molecule is O=C(O)C1(CCCNc2nc3ccccc3s2)CC1. The molecule has 1 heterocycles. The monoisotopic (exact) mass is 276 g/mol. The molecule has 2 aromatic rings. The van der Waals surface area contributed by atoms with Crippen LogP contribution in [-0.4, -0.2) is 22.6 Å². The number of nitrogens with zero attached hydrogens (tertiary/aromatic N) is 1. The van der Waals surface area contributed by atoms with Gasteiger partial charge in [0.2, 0.25) is 0 Å². The minimum absolute atomic E-state index is 0.407. The first-order valence-corrected chi connectivity index (χ1v) is 7.34. The smallest absolute Gasteiger partial charge is 0.309 e.